The predicted octanol–water partition coefficient (Wildman–Crippen LogP) is 5.49. The summed E-state index contributed by atoms with van der Waals surface area (Å²) in [5.41, 5.74) is 7.52. The molecule has 0 aliphatic carbocycles. The van der Waals surface area contributed by atoms with Crippen molar-refractivity contribution in [3.05, 3.63) is 71.9 Å². The fourth-order valence-corrected chi connectivity index (χ4v) is 5.60. The summed E-state index contributed by atoms with van der Waals surface area (Å²) < 4.78 is 41.0. The lowest BCUT2D eigenvalue weighted by Crippen LogP contribution is -2.45. The number of amides is 2. The molecule has 0 radical (unpaired) electrons. The number of nitrogens with zero attached hydrogens (tertiary/aromatic N) is 5. The predicted molar refractivity (Wildman–Crippen MR) is 156 cm³/mol. The average molecular weight is 598 g/mol. The number of hydrogen-bond acceptors (Lipinski definition) is 7. The number of carbonyl (C=O) groups excluding carboxylic acids is 2. The van der Waals surface area contributed by atoms with Gasteiger partial charge in [0, 0.05) is 60.4 Å². The van der Waals surface area contributed by atoms with E-state index in [1.807, 2.05) is 15.6 Å². The zero-order chi connectivity index (χ0) is 30.0. The Labute approximate surface area is 244 Å². The third-order valence-corrected chi connectivity index (χ3v) is 8.06. The number of pyridine rings is 1. The van der Waals surface area contributed by atoms with Gasteiger partial charge >= 0.3 is 6.18 Å². The smallest absolute Gasteiger partial charge is 0.382 e. The molecule has 1 aromatic carbocycles. The lowest BCUT2D eigenvalue weighted by Gasteiger charge is -2.37. The maximum Gasteiger partial charge on any atom is 0.416 e. The van der Waals surface area contributed by atoms with Crippen molar-refractivity contribution in [3.8, 4) is 11.3 Å². The number of benzene rings is 1. The largest absolute Gasteiger partial charge is 0.416 e. The number of piperidine rings is 1. The van der Waals surface area contributed by atoms with Gasteiger partial charge in [0.05, 0.1) is 5.56 Å². The minimum Gasteiger partial charge on any atom is -0.382 e. The molecule has 5 rings (SSSR count). The minimum atomic E-state index is -4.55. The lowest BCUT2D eigenvalue weighted by atomic mass is 9.92. The Hall–Kier alpha value is -4.13. The summed E-state index contributed by atoms with van der Waals surface area (Å²) in [6.07, 6.45) is 4.05. The zero-order valence-corrected chi connectivity index (χ0v) is 23.9. The van der Waals surface area contributed by atoms with E-state index in [0.717, 1.165) is 42.7 Å². The molecule has 4 aromatic rings. The third-order valence-electron chi connectivity index (χ3n) is 7.45. The molecular weight excluding hydrogens is 567 g/mol. The van der Waals surface area contributed by atoms with Crippen molar-refractivity contribution in [3.63, 3.8) is 0 Å². The van der Waals surface area contributed by atoms with Gasteiger partial charge in [-0.2, -0.15) is 24.9 Å². The van der Waals surface area contributed by atoms with E-state index < -0.39 is 17.6 Å². The first kappa shape index (κ1) is 29.4. The summed E-state index contributed by atoms with van der Waals surface area (Å²) >= 11 is 1.65. The molecule has 13 heteroatoms. The number of nitrogen functional groups attached to an aromatic ring is 1. The molecule has 220 valence electrons. The normalized spacial score (nSPS) is 17.4. The second kappa shape index (κ2) is 12.0. The van der Waals surface area contributed by atoms with Crippen LogP contribution < -0.4 is 11.1 Å². The van der Waals surface area contributed by atoms with Crippen LogP contribution in [0, 0.1) is 0 Å². The van der Waals surface area contributed by atoms with Gasteiger partial charge in [0.2, 0.25) is 5.91 Å². The molecule has 1 fully saturated rings. The molecule has 3 aromatic heterocycles. The highest BCUT2D eigenvalue weighted by atomic mass is 32.2. The van der Waals surface area contributed by atoms with E-state index in [9.17, 15) is 22.8 Å². The van der Waals surface area contributed by atoms with Gasteiger partial charge in [0.15, 0.2) is 0 Å². The molecule has 1 aliphatic heterocycles. The van der Waals surface area contributed by atoms with Gasteiger partial charge in [-0.1, -0.05) is 12.1 Å². The number of anilines is 2. The van der Waals surface area contributed by atoms with Gasteiger partial charge in [-0.25, -0.2) is 15.0 Å². The number of likely N-dealkylation sites (tertiary alicyclic amines) is 1. The van der Waals surface area contributed by atoms with Crippen molar-refractivity contribution < 1.29 is 22.8 Å². The molecule has 0 unspecified atom stereocenters. The molecule has 2 amide bonds. The number of imidazole rings is 1. The maximum atomic E-state index is 13.0. The van der Waals surface area contributed by atoms with E-state index in [2.05, 4.69) is 22.2 Å². The monoisotopic (exact) mass is 597 g/mol. The van der Waals surface area contributed by atoms with Crippen LogP contribution in [0.15, 0.2) is 55.0 Å². The van der Waals surface area contributed by atoms with Crippen molar-refractivity contribution >= 4 is 40.7 Å². The van der Waals surface area contributed by atoms with Gasteiger partial charge in [0.1, 0.15) is 28.7 Å². The second-order valence-corrected chi connectivity index (χ2v) is 11.2. The lowest BCUT2D eigenvalue weighted by molar-refractivity contribution is -0.137. The highest BCUT2D eigenvalue weighted by Crippen LogP contribution is 2.35. The maximum absolute atomic E-state index is 13.0. The summed E-state index contributed by atoms with van der Waals surface area (Å²) in [6, 6.07) is 8.29. The Balaban J connectivity index is 1.41. The average Bonchev–Trinajstić information content (AvgIpc) is 3.37. The zero-order valence-electron chi connectivity index (χ0n) is 23.1. The van der Waals surface area contributed by atoms with Crippen molar-refractivity contribution in [1.82, 2.24) is 24.3 Å². The fourth-order valence-electron chi connectivity index (χ4n) is 5.22. The van der Waals surface area contributed by atoms with Crippen LogP contribution in [0.3, 0.4) is 0 Å². The number of fused-ring (bicyclic) bond motifs is 1. The summed E-state index contributed by atoms with van der Waals surface area (Å²) in [5.74, 6) is 1.17. The second-order valence-electron chi connectivity index (χ2n) is 10.2. The van der Waals surface area contributed by atoms with E-state index in [0.29, 0.717) is 35.6 Å². The van der Waals surface area contributed by atoms with Crippen LogP contribution >= 0.6 is 11.8 Å². The van der Waals surface area contributed by atoms with E-state index in [1.54, 1.807) is 48.4 Å². The first-order chi connectivity index (χ1) is 20.1. The van der Waals surface area contributed by atoms with Crippen LogP contribution in [-0.4, -0.2) is 60.7 Å². The molecule has 0 bridgehead atoms. The van der Waals surface area contributed by atoms with E-state index >= 15 is 0 Å². The van der Waals surface area contributed by atoms with Crippen molar-refractivity contribution in [2.45, 2.75) is 44.3 Å². The third kappa shape index (κ3) is 6.06. The number of rotatable bonds is 7. The molecule has 3 N–H and O–H groups in total. The summed E-state index contributed by atoms with van der Waals surface area (Å²) in [4.78, 5) is 40.7. The van der Waals surface area contributed by atoms with Crippen molar-refractivity contribution in [2.75, 3.05) is 29.6 Å². The number of hydrogen-bond donors (Lipinski definition) is 2. The molecule has 4 heterocycles. The van der Waals surface area contributed by atoms with Crippen LogP contribution in [0.1, 0.15) is 53.8 Å². The SMILES string of the molecule is CSCCC(=O)N1C[C@H](c2nc(-c3ccc(C(=O)Nc4cc(C(F)(F)F)ccn4)cc3)c3c(N)nccn23)CC[C@@H]1C. The highest BCUT2D eigenvalue weighted by molar-refractivity contribution is 7.98. The Morgan fingerprint density at radius 2 is 1.88 bits per heavy atom. The number of nitrogens with one attached hydrogen (secondary N) is 1. The quantitative estimate of drug-likeness (QED) is 0.289. The van der Waals surface area contributed by atoms with Crippen LogP contribution in [0.4, 0.5) is 24.8 Å². The van der Waals surface area contributed by atoms with Gasteiger partial charge < -0.3 is 16.0 Å². The topological polar surface area (TPSA) is 119 Å². The van der Waals surface area contributed by atoms with Crippen molar-refractivity contribution in [2.24, 2.45) is 0 Å². The molecular formula is C29H30F3N7O2S. The standard InChI is InChI=1S/C29H30F3N7O2S/c1-17-3-4-20(16-39(17)23(40)10-14-42-2)27-37-24(25-26(33)35-12-13-38(25)27)18-5-7-19(8-6-18)28(41)36-22-15-21(9-11-34-22)29(30,31)32/h5-9,11-13,15,17,20H,3-4,10,14,16H2,1-2H3,(H2,33,35)(H,34,36,41)/t17-,20+/m0/s1. The minimum absolute atomic E-state index is 0.00695. The van der Waals surface area contributed by atoms with Crippen LogP contribution in [0.25, 0.3) is 16.8 Å². The molecule has 2 atom stereocenters. The number of thioether (sulfide) groups is 1. The Morgan fingerprint density at radius 1 is 1.12 bits per heavy atom. The van der Waals surface area contributed by atoms with Crippen LogP contribution in [0.5, 0.6) is 0 Å². The summed E-state index contributed by atoms with van der Waals surface area (Å²) in [6.45, 7) is 2.63. The molecule has 9 nitrogen and oxygen atoms in total. The van der Waals surface area contributed by atoms with Crippen molar-refractivity contribution in [1.29, 1.82) is 0 Å². The molecule has 42 heavy (non-hydrogen) atoms. The van der Waals surface area contributed by atoms with E-state index in [1.165, 1.54) is 0 Å². The summed E-state index contributed by atoms with van der Waals surface area (Å²) in [7, 11) is 0. The number of nitrogens with two attached hydrogens (primary N) is 1. The Morgan fingerprint density at radius 3 is 2.60 bits per heavy atom. The van der Waals surface area contributed by atoms with Gasteiger partial charge in [-0.15, -0.1) is 0 Å². The molecule has 1 saturated heterocycles. The molecule has 0 saturated carbocycles. The summed E-state index contributed by atoms with van der Waals surface area (Å²) in [5, 5.41) is 2.41. The molecule has 1 aliphatic rings. The van der Waals surface area contributed by atoms with Gasteiger partial charge in [0.25, 0.3) is 5.91 Å². The number of alkyl halides is 3. The van der Waals surface area contributed by atoms with Gasteiger partial charge in [-0.3, -0.25) is 14.0 Å². The first-order valence-corrected chi connectivity index (χ1v) is 14.8. The van der Waals surface area contributed by atoms with Crippen LogP contribution in [0.2, 0.25) is 0 Å². The van der Waals surface area contributed by atoms with E-state index in [4.69, 9.17) is 10.7 Å². The van der Waals surface area contributed by atoms with Crippen LogP contribution in [-0.2, 0) is 11.0 Å². The Bertz CT molecular complexity index is 1610. The molecule has 0 spiro atoms. The van der Waals surface area contributed by atoms with Gasteiger partial charge in [-0.05, 0) is 50.3 Å². The fraction of sp³-hybridized carbons (Fsp3) is 0.345. The number of halogens is 3. The Kier molecular flexibility index (Phi) is 8.39. The highest BCUT2D eigenvalue weighted by Gasteiger charge is 2.33. The number of carbonyl (C=O) groups is 2. The number of aromatic nitrogens is 4. The van der Waals surface area contributed by atoms with E-state index in [-0.39, 0.29) is 29.2 Å². The first-order valence-electron chi connectivity index (χ1n) is 13.4.